The third kappa shape index (κ3) is 2.83. The highest BCUT2D eigenvalue weighted by atomic mass is 16.3. The molecule has 21 heavy (non-hydrogen) atoms. The van der Waals surface area contributed by atoms with Crippen molar-refractivity contribution in [1.29, 1.82) is 0 Å². The Morgan fingerprint density at radius 2 is 1.90 bits per heavy atom. The molecule has 0 aliphatic carbocycles. The van der Waals surface area contributed by atoms with E-state index < -0.39 is 0 Å². The number of nitrogens with one attached hydrogen (secondary N) is 1. The third-order valence-electron chi connectivity index (χ3n) is 3.62. The van der Waals surface area contributed by atoms with Crippen LogP contribution in [0.25, 0.3) is 11.0 Å². The van der Waals surface area contributed by atoms with Gasteiger partial charge in [-0.25, -0.2) is 0 Å². The van der Waals surface area contributed by atoms with E-state index in [-0.39, 0.29) is 6.04 Å². The molecule has 3 aromatic rings. The summed E-state index contributed by atoms with van der Waals surface area (Å²) in [5.74, 6) is 0.913. The van der Waals surface area contributed by atoms with Gasteiger partial charge in [0.2, 0.25) is 0 Å². The monoisotopic (exact) mass is 280 g/mol. The Morgan fingerprint density at radius 3 is 2.67 bits per heavy atom. The van der Waals surface area contributed by atoms with E-state index in [2.05, 4.69) is 55.3 Å². The number of rotatable bonds is 4. The number of fused-ring (bicyclic) bond motifs is 1. The SMILES string of the molecule is CCNC(c1cc(C)ccn1)c1cc2cc(C)ccc2o1. The third-order valence-corrected chi connectivity index (χ3v) is 3.62. The average Bonchev–Trinajstić information content (AvgIpc) is 2.87. The van der Waals surface area contributed by atoms with Crippen LogP contribution in [0.15, 0.2) is 47.0 Å². The van der Waals surface area contributed by atoms with Crippen LogP contribution in [-0.2, 0) is 0 Å². The maximum atomic E-state index is 6.03. The van der Waals surface area contributed by atoms with Crippen molar-refractivity contribution in [2.45, 2.75) is 26.8 Å². The van der Waals surface area contributed by atoms with Crippen LogP contribution in [0.1, 0.15) is 35.5 Å². The first kappa shape index (κ1) is 13.8. The number of nitrogens with zero attached hydrogens (tertiary/aromatic N) is 1. The molecule has 0 saturated carbocycles. The average molecular weight is 280 g/mol. The summed E-state index contributed by atoms with van der Waals surface area (Å²) < 4.78 is 6.03. The lowest BCUT2D eigenvalue weighted by atomic mass is 10.1. The Labute approximate surface area is 125 Å². The summed E-state index contributed by atoms with van der Waals surface area (Å²) in [6.07, 6.45) is 1.85. The molecule has 2 heterocycles. The van der Waals surface area contributed by atoms with E-state index in [0.29, 0.717) is 0 Å². The standard InChI is InChI=1S/C18H20N2O/c1-4-19-18(15-10-13(3)7-8-20-15)17-11-14-9-12(2)5-6-16(14)21-17/h5-11,18-19H,4H2,1-3H3. The van der Waals surface area contributed by atoms with Gasteiger partial charge in [0, 0.05) is 11.6 Å². The van der Waals surface area contributed by atoms with Crippen molar-refractivity contribution in [2.75, 3.05) is 6.54 Å². The van der Waals surface area contributed by atoms with E-state index in [1.807, 2.05) is 18.3 Å². The Kier molecular flexibility index (Phi) is 3.76. The Hall–Kier alpha value is -2.13. The van der Waals surface area contributed by atoms with Gasteiger partial charge < -0.3 is 9.73 Å². The minimum atomic E-state index is -0.0115. The molecule has 0 spiro atoms. The van der Waals surface area contributed by atoms with Crippen LogP contribution in [0.2, 0.25) is 0 Å². The largest absolute Gasteiger partial charge is 0.459 e. The second-order valence-corrected chi connectivity index (χ2v) is 5.44. The van der Waals surface area contributed by atoms with Gasteiger partial charge in [0.05, 0.1) is 5.69 Å². The van der Waals surface area contributed by atoms with Crippen LogP contribution in [0.4, 0.5) is 0 Å². The van der Waals surface area contributed by atoms with Crippen molar-refractivity contribution in [3.05, 3.63) is 65.2 Å². The topological polar surface area (TPSA) is 38.1 Å². The molecule has 1 N–H and O–H groups in total. The first-order valence-corrected chi connectivity index (χ1v) is 7.33. The zero-order chi connectivity index (χ0) is 14.8. The second-order valence-electron chi connectivity index (χ2n) is 5.44. The highest BCUT2D eigenvalue weighted by Crippen LogP contribution is 2.28. The van der Waals surface area contributed by atoms with Gasteiger partial charge in [0.15, 0.2) is 0 Å². The van der Waals surface area contributed by atoms with Crippen LogP contribution in [0, 0.1) is 13.8 Å². The molecule has 1 atom stereocenters. The fourth-order valence-electron chi connectivity index (χ4n) is 2.60. The van der Waals surface area contributed by atoms with Gasteiger partial charge in [-0.15, -0.1) is 0 Å². The van der Waals surface area contributed by atoms with Gasteiger partial charge in [-0.3, -0.25) is 4.98 Å². The summed E-state index contributed by atoms with van der Waals surface area (Å²) in [6.45, 7) is 7.12. The minimum absolute atomic E-state index is 0.0115. The molecule has 0 fully saturated rings. The normalized spacial score (nSPS) is 12.7. The van der Waals surface area contributed by atoms with Crippen LogP contribution in [0.3, 0.4) is 0 Å². The molecule has 0 aliphatic heterocycles. The predicted octanol–water partition coefficient (Wildman–Crippen LogP) is 4.14. The Bertz CT molecular complexity index is 761. The summed E-state index contributed by atoms with van der Waals surface area (Å²) in [4.78, 5) is 4.50. The van der Waals surface area contributed by atoms with E-state index in [9.17, 15) is 0 Å². The number of pyridine rings is 1. The number of hydrogen-bond donors (Lipinski definition) is 1. The zero-order valence-corrected chi connectivity index (χ0v) is 12.7. The lowest BCUT2D eigenvalue weighted by molar-refractivity contribution is 0.471. The lowest BCUT2D eigenvalue weighted by Crippen LogP contribution is -2.22. The molecule has 3 rings (SSSR count). The highest BCUT2D eigenvalue weighted by molar-refractivity contribution is 5.78. The van der Waals surface area contributed by atoms with E-state index in [1.54, 1.807) is 0 Å². The first-order chi connectivity index (χ1) is 10.2. The van der Waals surface area contributed by atoms with Crippen LogP contribution >= 0.6 is 0 Å². The maximum Gasteiger partial charge on any atom is 0.134 e. The zero-order valence-electron chi connectivity index (χ0n) is 12.7. The van der Waals surface area contributed by atoms with E-state index in [4.69, 9.17) is 4.42 Å². The predicted molar refractivity (Wildman–Crippen MR) is 85.4 cm³/mol. The molecule has 0 bridgehead atoms. The number of aryl methyl sites for hydroxylation is 2. The molecule has 2 aromatic heterocycles. The fraction of sp³-hybridized carbons (Fsp3) is 0.278. The molecular formula is C18H20N2O. The molecule has 0 radical (unpaired) electrons. The molecular weight excluding hydrogens is 260 g/mol. The molecule has 3 heteroatoms. The Morgan fingerprint density at radius 1 is 1.10 bits per heavy atom. The van der Waals surface area contributed by atoms with Gasteiger partial charge in [0.25, 0.3) is 0 Å². The molecule has 0 aliphatic rings. The number of aromatic nitrogens is 1. The number of benzene rings is 1. The van der Waals surface area contributed by atoms with E-state index >= 15 is 0 Å². The highest BCUT2D eigenvalue weighted by Gasteiger charge is 2.19. The van der Waals surface area contributed by atoms with Crippen molar-refractivity contribution in [3.63, 3.8) is 0 Å². The summed E-state index contributed by atoms with van der Waals surface area (Å²) >= 11 is 0. The van der Waals surface area contributed by atoms with Crippen molar-refractivity contribution >= 4 is 11.0 Å². The van der Waals surface area contributed by atoms with Crippen molar-refractivity contribution < 1.29 is 4.42 Å². The molecule has 108 valence electrons. The lowest BCUT2D eigenvalue weighted by Gasteiger charge is -2.15. The molecule has 0 amide bonds. The van der Waals surface area contributed by atoms with Crippen LogP contribution < -0.4 is 5.32 Å². The fourth-order valence-corrected chi connectivity index (χ4v) is 2.60. The van der Waals surface area contributed by atoms with E-state index in [0.717, 1.165) is 29.0 Å². The minimum Gasteiger partial charge on any atom is -0.459 e. The summed E-state index contributed by atoms with van der Waals surface area (Å²) in [6, 6.07) is 12.5. The van der Waals surface area contributed by atoms with Gasteiger partial charge in [-0.2, -0.15) is 0 Å². The summed E-state index contributed by atoms with van der Waals surface area (Å²) in [7, 11) is 0. The van der Waals surface area contributed by atoms with E-state index in [1.165, 1.54) is 11.1 Å². The Balaban J connectivity index is 2.06. The molecule has 0 saturated heterocycles. The van der Waals surface area contributed by atoms with Crippen LogP contribution in [-0.4, -0.2) is 11.5 Å². The quantitative estimate of drug-likeness (QED) is 0.780. The molecule has 3 nitrogen and oxygen atoms in total. The second kappa shape index (κ2) is 5.70. The van der Waals surface area contributed by atoms with Crippen molar-refractivity contribution in [1.82, 2.24) is 10.3 Å². The van der Waals surface area contributed by atoms with Gasteiger partial charge in [0.1, 0.15) is 17.4 Å². The summed E-state index contributed by atoms with van der Waals surface area (Å²) in [5, 5.41) is 4.60. The van der Waals surface area contributed by atoms with Gasteiger partial charge >= 0.3 is 0 Å². The van der Waals surface area contributed by atoms with Crippen LogP contribution in [0.5, 0.6) is 0 Å². The first-order valence-electron chi connectivity index (χ1n) is 7.33. The smallest absolute Gasteiger partial charge is 0.134 e. The van der Waals surface area contributed by atoms with Crippen molar-refractivity contribution in [3.8, 4) is 0 Å². The summed E-state index contributed by atoms with van der Waals surface area (Å²) in [5.41, 5.74) is 4.36. The maximum absolute atomic E-state index is 6.03. The number of hydrogen-bond acceptors (Lipinski definition) is 3. The number of furan rings is 1. The van der Waals surface area contributed by atoms with Crippen molar-refractivity contribution in [2.24, 2.45) is 0 Å². The molecule has 1 unspecified atom stereocenters. The van der Waals surface area contributed by atoms with Gasteiger partial charge in [-0.1, -0.05) is 18.6 Å². The van der Waals surface area contributed by atoms with Gasteiger partial charge in [-0.05, 0) is 56.3 Å². The molecule has 1 aromatic carbocycles.